The maximum absolute atomic E-state index is 9.39. The molecule has 0 aliphatic rings. The van der Waals surface area contributed by atoms with Gasteiger partial charge in [-0.1, -0.05) is 0 Å². The molecule has 1 heterocycles. The third kappa shape index (κ3) is 3.37. The van der Waals surface area contributed by atoms with Crippen LogP contribution in [0.1, 0.15) is 0 Å². The van der Waals surface area contributed by atoms with Gasteiger partial charge in [-0.25, -0.2) is 4.98 Å². The van der Waals surface area contributed by atoms with Crippen LogP contribution < -0.4 is 10.4 Å². The minimum absolute atomic E-state index is 0.312. The zero-order valence-corrected chi connectivity index (χ0v) is 11.4. The lowest BCUT2D eigenvalue weighted by molar-refractivity contribution is 0.426. The smallest absolute Gasteiger partial charge is 0.423 e. The van der Waals surface area contributed by atoms with Crippen LogP contribution in [0.3, 0.4) is 0 Å². The summed E-state index contributed by atoms with van der Waals surface area (Å²) in [4.78, 5) is 5.85. The Morgan fingerprint density at radius 3 is 2.63 bits per heavy atom. The number of aromatic nitrogens is 1. The molecule has 0 radical (unpaired) electrons. The number of anilines is 1. The Balaban J connectivity index is 2.34. The van der Waals surface area contributed by atoms with Gasteiger partial charge in [-0.05, 0) is 18.2 Å². The molecule has 19 heavy (non-hydrogen) atoms. The van der Waals surface area contributed by atoms with Crippen LogP contribution in [0.25, 0.3) is 0 Å². The summed E-state index contributed by atoms with van der Waals surface area (Å²) in [7, 11) is 2.16. The van der Waals surface area contributed by atoms with Crippen LogP contribution in [-0.2, 0) is 0 Å². The predicted molar refractivity (Wildman–Crippen MR) is 76.9 cm³/mol. The second-order valence-corrected chi connectivity index (χ2v) is 4.90. The first-order valence-electron chi connectivity index (χ1n) is 5.56. The SMILES string of the molecule is CN(C)c1ccc(N=Nc2nccs2)c(B(O)O)c1. The van der Waals surface area contributed by atoms with Gasteiger partial charge in [-0.2, -0.15) is 0 Å². The first-order valence-corrected chi connectivity index (χ1v) is 6.44. The normalized spacial score (nSPS) is 10.9. The van der Waals surface area contributed by atoms with Crippen LogP contribution >= 0.6 is 11.3 Å². The molecule has 0 unspecified atom stereocenters. The number of hydrogen-bond donors (Lipinski definition) is 2. The number of thiazole rings is 1. The van der Waals surface area contributed by atoms with E-state index in [2.05, 4.69) is 15.2 Å². The van der Waals surface area contributed by atoms with Crippen LogP contribution in [0, 0.1) is 0 Å². The second kappa shape index (κ2) is 5.92. The minimum Gasteiger partial charge on any atom is -0.423 e. The molecule has 0 saturated heterocycles. The highest BCUT2D eigenvalue weighted by Crippen LogP contribution is 2.21. The van der Waals surface area contributed by atoms with Gasteiger partial charge in [0.15, 0.2) is 0 Å². The molecule has 98 valence electrons. The van der Waals surface area contributed by atoms with Gasteiger partial charge >= 0.3 is 7.12 Å². The molecule has 8 heteroatoms. The summed E-state index contributed by atoms with van der Waals surface area (Å²) in [5.74, 6) is 0. The summed E-state index contributed by atoms with van der Waals surface area (Å²) < 4.78 is 0. The largest absolute Gasteiger partial charge is 0.490 e. The summed E-state index contributed by atoms with van der Waals surface area (Å²) in [5.41, 5.74) is 1.58. The molecule has 0 atom stereocenters. The Hall–Kier alpha value is -1.77. The number of benzene rings is 1. The standard InChI is InChI=1S/C11H13BN4O2S/c1-16(2)8-3-4-10(9(7-8)12(17)18)14-15-11-13-5-6-19-11/h3-7,17-18H,1-2H3. The van der Waals surface area contributed by atoms with Gasteiger partial charge < -0.3 is 14.9 Å². The van der Waals surface area contributed by atoms with Crippen molar-refractivity contribution in [1.29, 1.82) is 0 Å². The molecule has 0 saturated carbocycles. The highest BCUT2D eigenvalue weighted by molar-refractivity contribution is 7.13. The van der Waals surface area contributed by atoms with Gasteiger partial charge in [0, 0.05) is 36.8 Å². The van der Waals surface area contributed by atoms with Crippen molar-refractivity contribution in [2.45, 2.75) is 0 Å². The van der Waals surface area contributed by atoms with Crippen molar-refractivity contribution in [3.05, 3.63) is 29.8 Å². The molecule has 0 amide bonds. The predicted octanol–water partition coefficient (Wildman–Crippen LogP) is 1.30. The van der Waals surface area contributed by atoms with E-state index in [1.807, 2.05) is 25.1 Å². The topological polar surface area (TPSA) is 81.3 Å². The minimum atomic E-state index is -1.59. The van der Waals surface area contributed by atoms with Crippen molar-refractivity contribution in [2.24, 2.45) is 10.2 Å². The van der Waals surface area contributed by atoms with E-state index >= 15 is 0 Å². The lowest BCUT2D eigenvalue weighted by Gasteiger charge is -2.14. The first-order chi connectivity index (χ1) is 9.08. The van der Waals surface area contributed by atoms with E-state index in [0.29, 0.717) is 16.3 Å². The second-order valence-electron chi connectivity index (χ2n) is 4.03. The molecule has 2 N–H and O–H groups in total. The fourth-order valence-electron chi connectivity index (χ4n) is 1.48. The van der Waals surface area contributed by atoms with Crippen molar-refractivity contribution >= 4 is 40.4 Å². The maximum Gasteiger partial charge on any atom is 0.490 e. The molecular formula is C11H13BN4O2S. The van der Waals surface area contributed by atoms with E-state index in [4.69, 9.17) is 0 Å². The summed E-state index contributed by atoms with van der Waals surface area (Å²) in [6.45, 7) is 0. The van der Waals surface area contributed by atoms with E-state index in [-0.39, 0.29) is 0 Å². The number of azo groups is 1. The Morgan fingerprint density at radius 2 is 2.05 bits per heavy atom. The number of hydrogen-bond acceptors (Lipinski definition) is 7. The molecule has 1 aromatic carbocycles. The molecule has 6 nitrogen and oxygen atoms in total. The van der Waals surface area contributed by atoms with Crippen LogP contribution in [0.4, 0.5) is 16.5 Å². The molecule has 0 aliphatic heterocycles. The lowest BCUT2D eigenvalue weighted by atomic mass is 9.79. The Morgan fingerprint density at radius 1 is 1.26 bits per heavy atom. The Bertz CT molecular complexity index is 572. The molecule has 2 rings (SSSR count). The molecule has 2 aromatic rings. The third-order valence-electron chi connectivity index (χ3n) is 2.47. The summed E-state index contributed by atoms with van der Waals surface area (Å²) in [5, 5.41) is 29.1. The maximum atomic E-state index is 9.39. The highest BCUT2D eigenvalue weighted by atomic mass is 32.1. The number of nitrogens with zero attached hydrogens (tertiary/aromatic N) is 4. The first kappa shape index (κ1) is 13.7. The summed E-state index contributed by atoms with van der Waals surface area (Å²) >= 11 is 1.36. The molecule has 0 spiro atoms. The van der Waals surface area contributed by atoms with Crippen molar-refractivity contribution in [3.8, 4) is 0 Å². The van der Waals surface area contributed by atoms with E-state index in [1.165, 1.54) is 11.3 Å². The molecule has 1 aromatic heterocycles. The Labute approximate surface area is 115 Å². The van der Waals surface area contributed by atoms with E-state index in [9.17, 15) is 10.0 Å². The average Bonchev–Trinajstić information content (AvgIpc) is 2.89. The van der Waals surface area contributed by atoms with Gasteiger partial charge in [0.25, 0.3) is 0 Å². The van der Waals surface area contributed by atoms with Crippen molar-refractivity contribution in [3.63, 3.8) is 0 Å². The number of rotatable bonds is 4. The van der Waals surface area contributed by atoms with Crippen molar-refractivity contribution in [2.75, 3.05) is 19.0 Å². The van der Waals surface area contributed by atoms with Crippen LogP contribution in [-0.4, -0.2) is 36.2 Å². The monoisotopic (exact) mass is 276 g/mol. The van der Waals surface area contributed by atoms with E-state index in [1.54, 1.807) is 23.7 Å². The fourth-order valence-corrected chi connectivity index (χ4v) is 1.93. The van der Waals surface area contributed by atoms with Gasteiger partial charge in [0.2, 0.25) is 5.13 Å². The van der Waals surface area contributed by atoms with E-state index in [0.717, 1.165) is 5.69 Å². The van der Waals surface area contributed by atoms with Crippen LogP contribution in [0.5, 0.6) is 0 Å². The molecule has 0 aliphatic carbocycles. The van der Waals surface area contributed by atoms with Gasteiger partial charge in [0.1, 0.15) is 0 Å². The molecule has 0 bridgehead atoms. The highest BCUT2D eigenvalue weighted by Gasteiger charge is 2.17. The fraction of sp³-hybridized carbons (Fsp3) is 0.182. The third-order valence-corrected chi connectivity index (χ3v) is 3.12. The lowest BCUT2D eigenvalue weighted by Crippen LogP contribution is -2.30. The zero-order valence-electron chi connectivity index (χ0n) is 10.6. The quantitative estimate of drug-likeness (QED) is 0.651. The van der Waals surface area contributed by atoms with Gasteiger partial charge in [-0.3, -0.25) is 0 Å². The summed E-state index contributed by atoms with van der Waals surface area (Å²) in [6.07, 6.45) is 1.63. The zero-order chi connectivity index (χ0) is 13.8. The molecular weight excluding hydrogens is 263 g/mol. The summed E-state index contributed by atoms with van der Waals surface area (Å²) in [6, 6.07) is 5.20. The van der Waals surface area contributed by atoms with E-state index < -0.39 is 7.12 Å². The van der Waals surface area contributed by atoms with Crippen LogP contribution in [0.2, 0.25) is 0 Å². The van der Waals surface area contributed by atoms with Gasteiger partial charge in [0.05, 0.1) is 5.69 Å². The van der Waals surface area contributed by atoms with Crippen molar-refractivity contribution < 1.29 is 10.0 Å². The van der Waals surface area contributed by atoms with Crippen molar-refractivity contribution in [1.82, 2.24) is 4.98 Å². The van der Waals surface area contributed by atoms with Crippen LogP contribution in [0.15, 0.2) is 40.0 Å². The Kier molecular flexibility index (Phi) is 4.25. The average molecular weight is 276 g/mol. The van der Waals surface area contributed by atoms with Gasteiger partial charge in [-0.15, -0.1) is 21.6 Å². The molecule has 0 fully saturated rings.